The normalized spacial score (nSPS) is 10.6. The molecule has 112 valence electrons. The van der Waals surface area contributed by atoms with E-state index < -0.39 is 6.03 Å². The van der Waals surface area contributed by atoms with Gasteiger partial charge in [0.05, 0.1) is 12.5 Å². The Morgan fingerprint density at radius 2 is 2.09 bits per heavy atom. The Balaban J connectivity index is 1.82. The van der Waals surface area contributed by atoms with Crippen molar-refractivity contribution in [2.75, 3.05) is 7.11 Å². The average Bonchev–Trinajstić information content (AvgIpc) is 2.90. The van der Waals surface area contributed by atoms with Crippen molar-refractivity contribution in [1.82, 2.24) is 19.2 Å². The van der Waals surface area contributed by atoms with Gasteiger partial charge in [-0.3, -0.25) is 4.79 Å². The minimum absolute atomic E-state index is 0.212. The number of methoxy groups -OCH3 is 1. The average molecular weight is 316 g/mol. The standard InChI is InChI=1S/C14H12N4O3S/c1-21-11-9(4-2-6-15-11)8-17-14(20)18-13(19)10-5-3-7-16-12(10)22-18/h2-7H,8H2,1H3,(H,17,20). The number of carbonyl (C=O) groups is 1. The lowest BCUT2D eigenvalue weighted by atomic mass is 10.3. The Bertz CT molecular complexity index is 887. The highest BCUT2D eigenvalue weighted by atomic mass is 32.1. The first kappa shape index (κ1) is 14.2. The van der Waals surface area contributed by atoms with E-state index >= 15 is 0 Å². The third kappa shape index (κ3) is 2.56. The van der Waals surface area contributed by atoms with Gasteiger partial charge in [0, 0.05) is 24.5 Å². The predicted molar refractivity (Wildman–Crippen MR) is 82.3 cm³/mol. The summed E-state index contributed by atoms with van der Waals surface area (Å²) in [5.74, 6) is 0.438. The molecule has 1 amide bonds. The number of nitrogens with one attached hydrogen (secondary N) is 1. The number of rotatable bonds is 3. The minimum atomic E-state index is -0.501. The van der Waals surface area contributed by atoms with Crippen LogP contribution in [0.25, 0.3) is 10.2 Å². The molecule has 3 rings (SSSR count). The highest BCUT2D eigenvalue weighted by molar-refractivity contribution is 7.14. The zero-order chi connectivity index (χ0) is 15.5. The van der Waals surface area contributed by atoms with Gasteiger partial charge < -0.3 is 10.1 Å². The summed E-state index contributed by atoms with van der Waals surface area (Å²) in [6, 6.07) is 6.36. The molecule has 1 N–H and O–H groups in total. The molecule has 0 aliphatic rings. The summed E-state index contributed by atoms with van der Waals surface area (Å²) in [4.78, 5) is 33.0. The third-order valence-corrected chi connectivity index (χ3v) is 4.03. The minimum Gasteiger partial charge on any atom is -0.481 e. The lowest BCUT2D eigenvalue weighted by molar-refractivity contribution is 0.243. The molecule has 0 spiro atoms. The highest BCUT2D eigenvalue weighted by Crippen LogP contribution is 2.14. The maximum atomic E-state index is 12.2. The molecule has 0 bridgehead atoms. The van der Waals surface area contributed by atoms with E-state index in [-0.39, 0.29) is 12.1 Å². The summed E-state index contributed by atoms with van der Waals surface area (Å²) in [5.41, 5.74) is 0.356. The smallest absolute Gasteiger partial charge is 0.338 e. The van der Waals surface area contributed by atoms with Crippen LogP contribution in [0.3, 0.4) is 0 Å². The Morgan fingerprint density at radius 3 is 2.86 bits per heavy atom. The fraction of sp³-hybridized carbons (Fsp3) is 0.143. The SMILES string of the molecule is COc1ncccc1CNC(=O)n1sc2ncccc2c1=O. The summed E-state index contributed by atoms with van der Waals surface area (Å²) < 4.78 is 6.17. The van der Waals surface area contributed by atoms with Crippen molar-refractivity contribution in [3.63, 3.8) is 0 Å². The first-order valence-electron chi connectivity index (χ1n) is 6.44. The van der Waals surface area contributed by atoms with Crippen LogP contribution in [0.15, 0.2) is 41.5 Å². The van der Waals surface area contributed by atoms with Gasteiger partial charge in [-0.15, -0.1) is 0 Å². The molecule has 0 saturated heterocycles. The maximum absolute atomic E-state index is 12.2. The fourth-order valence-electron chi connectivity index (χ4n) is 1.98. The van der Waals surface area contributed by atoms with Gasteiger partial charge in [0.2, 0.25) is 5.88 Å². The molecular weight excluding hydrogens is 304 g/mol. The van der Waals surface area contributed by atoms with Crippen LogP contribution in [0.1, 0.15) is 5.56 Å². The van der Waals surface area contributed by atoms with E-state index in [9.17, 15) is 9.59 Å². The summed E-state index contributed by atoms with van der Waals surface area (Å²) >= 11 is 1.01. The molecule has 3 aromatic heterocycles. The molecule has 3 aromatic rings. The number of pyridine rings is 2. The second kappa shape index (κ2) is 5.94. The fourth-order valence-corrected chi connectivity index (χ4v) is 2.85. The summed E-state index contributed by atoms with van der Waals surface area (Å²) in [7, 11) is 1.51. The largest absolute Gasteiger partial charge is 0.481 e. The zero-order valence-electron chi connectivity index (χ0n) is 11.6. The quantitative estimate of drug-likeness (QED) is 0.793. The monoisotopic (exact) mass is 316 g/mol. The van der Waals surface area contributed by atoms with E-state index in [0.29, 0.717) is 16.1 Å². The zero-order valence-corrected chi connectivity index (χ0v) is 12.5. The number of carbonyl (C=O) groups excluding carboxylic acids is 1. The molecular formula is C14H12N4O3S. The van der Waals surface area contributed by atoms with Crippen molar-refractivity contribution in [2.45, 2.75) is 6.54 Å². The van der Waals surface area contributed by atoms with E-state index in [4.69, 9.17) is 4.74 Å². The topological polar surface area (TPSA) is 86.1 Å². The molecule has 22 heavy (non-hydrogen) atoms. The Labute approximate surface area is 129 Å². The van der Waals surface area contributed by atoms with Crippen LogP contribution < -0.4 is 15.6 Å². The molecule has 0 aliphatic carbocycles. The summed E-state index contributed by atoms with van der Waals surface area (Å²) in [6.07, 6.45) is 3.19. The molecule has 0 fully saturated rings. The van der Waals surface area contributed by atoms with Gasteiger partial charge >= 0.3 is 6.03 Å². The van der Waals surface area contributed by atoms with Crippen LogP contribution in [-0.4, -0.2) is 27.1 Å². The van der Waals surface area contributed by atoms with Gasteiger partial charge in [-0.1, -0.05) is 6.07 Å². The number of nitrogens with zero attached hydrogens (tertiary/aromatic N) is 3. The highest BCUT2D eigenvalue weighted by Gasteiger charge is 2.14. The number of ether oxygens (including phenoxy) is 1. The van der Waals surface area contributed by atoms with Crippen molar-refractivity contribution < 1.29 is 9.53 Å². The van der Waals surface area contributed by atoms with Crippen LogP contribution in [0, 0.1) is 0 Å². The summed E-state index contributed by atoms with van der Waals surface area (Å²) in [5, 5.41) is 3.11. The molecule has 0 unspecified atom stereocenters. The number of hydrogen-bond acceptors (Lipinski definition) is 6. The van der Waals surface area contributed by atoms with Crippen molar-refractivity contribution in [2.24, 2.45) is 0 Å². The second-order valence-electron chi connectivity index (χ2n) is 4.38. The number of hydrogen-bond donors (Lipinski definition) is 1. The summed E-state index contributed by atoms with van der Waals surface area (Å²) in [6.45, 7) is 0.212. The maximum Gasteiger partial charge on any atom is 0.338 e. The van der Waals surface area contributed by atoms with Crippen LogP contribution in [0.5, 0.6) is 5.88 Å². The molecule has 7 nitrogen and oxygen atoms in total. The van der Waals surface area contributed by atoms with Crippen LogP contribution in [0.4, 0.5) is 4.79 Å². The van der Waals surface area contributed by atoms with E-state index in [1.54, 1.807) is 36.7 Å². The Hall–Kier alpha value is -2.74. The number of fused-ring (bicyclic) bond motifs is 1. The second-order valence-corrected chi connectivity index (χ2v) is 5.31. The Kier molecular flexibility index (Phi) is 3.84. The van der Waals surface area contributed by atoms with Gasteiger partial charge in [-0.05, 0) is 29.7 Å². The molecule has 0 atom stereocenters. The molecule has 0 aromatic carbocycles. The van der Waals surface area contributed by atoms with E-state index in [1.807, 2.05) is 0 Å². The molecule has 3 heterocycles. The van der Waals surface area contributed by atoms with Gasteiger partial charge in [0.15, 0.2) is 0 Å². The first-order valence-corrected chi connectivity index (χ1v) is 7.21. The van der Waals surface area contributed by atoms with Gasteiger partial charge in [0.1, 0.15) is 4.83 Å². The lowest BCUT2D eigenvalue weighted by Gasteiger charge is -2.07. The molecule has 0 aliphatic heterocycles. The van der Waals surface area contributed by atoms with Gasteiger partial charge in [0.25, 0.3) is 5.56 Å². The van der Waals surface area contributed by atoms with Crippen LogP contribution in [-0.2, 0) is 6.54 Å². The molecule has 0 saturated carbocycles. The van der Waals surface area contributed by atoms with Crippen molar-refractivity contribution >= 4 is 27.8 Å². The first-order chi connectivity index (χ1) is 10.7. The van der Waals surface area contributed by atoms with E-state index in [2.05, 4.69) is 15.3 Å². The Morgan fingerprint density at radius 1 is 1.32 bits per heavy atom. The van der Waals surface area contributed by atoms with Crippen molar-refractivity contribution in [1.29, 1.82) is 0 Å². The van der Waals surface area contributed by atoms with E-state index in [0.717, 1.165) is 21.1 Å². The predicted octanol–water partition coefficient (Wildman–Crippen LogP) is 1.62. The number of aromatic nitrogens is 3. The van der Waals surface area contributed by atoms with Crippen LogP contribution >= 0.6 is 11.5 Å². The van der Waals surface area contributed by atoms with Crippen LogP contribution in [0.2, 0.25) is 0 Å². The molecule has 8 heteroatoms. The van der Waals surface area contributed by atoms with E-state index in [1.165, 1.54) is 7.11 Å². The lowest BCUT2D eigenvalue weighted by Crippen LogP contribution is -2.32. The molecule has 0 radical (unpaired) electrons. The third-order valence-electron chi connectivity index (χ3n) is 3.02. The van der Waals surface area contributed by atoms with Gasteiger partial charge in [-0.2, -0.15) is 3.96 Å². The van der Waals surface area contributed by atoms with Crippen molar-refractivity contribution in [3.05, 3.63) is 52.6 Å². The van der Waals surface area contributed by atoms with Gasteiger partial charge in [-0.25, -0.2) is 14.8 Å². The number of amides is 1. The van der Waals surface area contributed by atoms with Crippen molar-refractivity contribution in [3.8, 4) is 5.88 Å².